The molecule has 0 aliphatic heterocycles. The highest BCUT2D eigenvalue weighted by atomic mass is 35.5. The van der Waals surface area contributed by atoms with Crippen LogP contribution in [0.5, 0.6) is 0 Å². The van der Waals surface area contributed by atoms with Crippen LogP contribution in [-0.4, -0.2) is 44.3 Å². The standard InChI is InChI=1S/C28H32ClN3O4S/c1-5-30-28(34)22(4)31(18-23-12-10-9-11-20(23)2)27(33)19-32(26-16-15-24(29)17-21(26)3)37(35,36)25-13-7-6-8-14-25/h6-17,22H,5,18-19H2,1-4H3,(H,30,34). The first-order valence-corrected chi connectivity index (χ1v) is 13.8. The molecule has 0 spiro atoms. The number of nitrogens with zero attached hydrogens (tertiary/aromatic N) is 2. The molecule has 1 atom stereocenters. The number of carbonyl (C=O) groups excluding carboxylic acids is 2. The number of halogens is 1. The molecule has 0 aliphatic rings. The molecule has 37 heavy (non-hydrogen) atoms. The molecule has 0 heterocycles. The van der Waals surface area contributed by atoms with Gasteiger partial charge in [-0.2, -0.15) is 0 Å². The van der Waals surface area contributed by atoms with Crippen LogP contribution in [0.15, 0.2) is 77.7 Å². The number of benzene rings is 3. The lowest BCUT2D eigenvalue weighted by Crippen LogP contribution is -2.51. The summed E-state index contributed by atoms with van der Waals surface area (Å²) in [7, 11) is -4.11. The molecule has 0 aromatic heterocycles. The van der Waals surface area contributed by atoms with Crippen molar-refractivity contribution in [2.24, 2.45) is 0 Å². The minimum atomic E-state index is -4.11. The van der Waals surface area contributed by atoms with Gasteiger partial charge in [0.05, 0.1) is 10.6 Å². The molecule has 0 fully saturated rings. The van der Waals surface area contributed by atoms with Crippen LogP contribution in [0.2, 0.25) is 5.02 Å². The smallest absolute Gasteiger partial charge is 0.264 e. The van der Waals surface area contributed by atoms with Gasteiger partial charge in [-0.3, -0.25) is 13.9 Å². The van der Waals surface area contributed by atoms with Gasteiger partial charge < -0.3 is 10.2 Å². The van der Waals surface area contributed by atoms with E-state index in [0.717, 1.165) is 15.4 Å². The van der Waals surface area contributed by atoms with Crippen molar-refractivity contribution in [1.82, 2.24) is 10.2 Å². The summed E-state index contributed by atoms with van der Waals surface area (Å²) >= 11 is 6.13. The van der Waals surface area contributed by atoms with Crippen molar-refractivity contribution in [3.05, 3.63) is 94.5 Å². The quantitative estimate of drug-likeness (QED) is 0.403. The Labute approximate surface area is 224 Å². The van der Waals surface area contributed by atoms with Gasteiger partial charge in [-0.15, -0.1) is 0 Å². The molecule has 9 heteroatoms. The fourth-order valence-corrected chi connectivity index (χ4v) is 5.73. The summed E-state index contributed by atoms with van der Waals surface area (Å²) in [4.78, 5) is 28.1. The Morgan fingerprint density at radius 2 is 1.59 bits per heavy atom. The zero-order valence-electron chi connectivity index (χ0n) is 21.4. The number of amides is 2. The van der Waals surface area contributed by atoms with Crippen molar-refractivity contribution < 1.29 is 18.0 Å². The molecule has 0 saturated heterocycles. The van der Waals surface area contributed by atoms with E-state index in [1.165, 1.54) is 17.0 Å². The molecule has 1 N–H and O–H groups in total. The monoisotopic (exact) mass is 541 g/mol. The lowest BCUT2D eigenvalue weighted by atomic mass is 10.1. The Bertz CT molecular complexity index is 1360. The number of likely N-dealkylation sites (N-methyl/N-ethyl adjacent to an activating group) is 1. The third kappa shape index (κ3) is 6.70. The summed E-state index contributed by atoms with van der Waals surface area (Å²) in [6.07, 6.45) is 0. The van der Waals surface area contributed by atoms with E-state index in [2.05, 4.69) is 5.32 Å². The molecule has 196 valence electrons. The fourth-order valence-electron chi connectivity index (χ4n) is 4.01. The van der Waals surface area contributed by atoms with E-state index in [1.807, 2.05) is 31.2 Å². The predicted molar refractivity (Wildman–Crippen MR) is 147 cm³/mol. The zero-order valence-corrected chi connectivity index (χ0v) is 23.0. The largest absolute Gasteiger partial charge is 0.355 e. The van der Waals surface area contributed by atoms with Gasteiger partial charge in [-0.25, -0.2) is 8.42 Å². The van der Waals surface area contributed by atoms with Crippen LogP contribution in [0.25, 0.3) is 0 Å². The lowest BCUT2D eigenvalue weighted by molar-refractivity contribution is -0.139. The molecule has 3 aromatic carbocycles. The molecule has 3 aromatic rings. The summed E-state index contributed by atoms with van der Waals surface area (Å²) in [6, 6.07) is 19.5. The van der Waals surface area contributed by atoms with Crippen molar-refractivity contribution in [2.75, 3.05) is 17.4 Å². The highest BCUT2D eigenvalue weighted by Crippen LogP contribution is 2.29. The maximum atomic E-state index is 13.9. The van der Waals surface area contributed by atoms with Crippen LogP contribution in [0.1, 0.15) is 30.5 Å². The number of hydrogen-bond donors (Lipinski definition) is 1. The Kier molecular flexibility index (Phi) is 9.34. The van der Waals surface area contributed by atoms with E-state index in [0.29, 0.717) is 22.8 Å². The second kappa shape index (κ2) is 12.3. The topological polar surface area (TPSA) is 86.8 Å². The Morgan fingerprint density at radius 3 is 2.22 bits per heavy atom. The first-order chi connectivity index (χ1) is 17.6. The molecule has 0 bridgehead atoms. The SMILES string of the molecule is CCNC(=O)C(C)N(Cc1ccccc1C)C(=O)CN(c1ccc(Cl)cc1C)S(=O)(=O)c1ccccc1. The minimum absolute atomic E-state index is 0.0550. The highest BCUT2D eigenvalue weighted by molar-refractivity contribution is 7.92. The third-order valence-corrected chi connectivity index (χ3v) is 8.17. The van der Waals surface area contributed by atoms with Crippen LogP contribution in [0.4, 0.5) is 5.69 Å². The van der Waals surface area contributed by atoms with E-state index in [9.17, 15) is 18.0 Å². The molecule has 3 rings (SSSR count). The summed E-state index contributed by atoms with van der Waals surface area (Å²) in [5.74, 6) is -0.819. The number of rotatable bonds is 10. The number of carbonyl (C=O) groups is 2. The summed E-state index contributed by atoms with van der Waals surface area (Å²) in [6.45, 7) is 7.19. The first-order valence-electron chi connectivity index (χ1n) is 12.0. The van der Waals surface area contributed by atoms with Crippen molar-refractivity contribution in [1.29, 1.82) is 0 Å². The normalized spacial score (nSPS) is 12.0. The van der Waals surface area contributed by atoms with Crippen molar-refractivity contribution in [3.8, 4) is 0 Å². The molecular formula is C28H32ClN3O4S. The van der Waals surface area contributed by atoms with Gasteiger partial charge in [0.1, 0.15) is 12.6 Å². The van der Waals surface area contributed by atoms with E-state index in [-0.39, 0.29) is 17.3 Å². The average Bonchev–Trinajstić information content (AvgIpc) is 2.87. The van der Waals surface area contributed by atoms with Crippen molar-refractivity contribution >= 4 is 39.1 Å². The summed E-state index contributed by atoms with van der Waals surface area (Å²) < 4.78 is 28.7. The second-order valence-corrected chi connectivity index (χ2v) is 11.1. The first kappa shape index (κ1) is 28.2. The maximum absolute atomic E-state index is 13.9. The number of hydrogen-bond acceptors (Lipinski definition) is 4. The summed E-state index contributed by atoms with van der Waals surface area (Å²) in [5.41, 5.74) is 2.77. The van der Waals surface area contributed by atoms with Crippen LogP contribution >= 0.6 is 11.6 Å². The van der Waals surface area contributed by atoms with Crippen molar-refractivity contribution in [3.63, 3.8) is 0 Å². The van der Waals surface area contributed by atoms with Crippen LogP contribution < -0.4 is 9.62 Å². The van der Waals surface area contributed by atoms with Gasteiger partial charge in [0.25, 0.3) is 10.0 Å². The molecule has 0 saturated carbocycles. The number of sulfonamides is 1. The van der Waals surface area contributed by atoms with Gasteiger partial charge in [0.2, 0.25) is 11.8 Å². The predicted octanol–water partition coefficient (Wildman–Crippen LogP) is 4.71. The average molecular weight is 542 g/mol. The Morgan fingerprint density at radius 1 is 0.946 bits per heavy atom. The van der Waals surface area contributed by atoms with Gasteiger partial charge in [0.15, 0.2) is 0 Å². The molecule has 7 nitrogen and oxygen atoms in total. The maximum Gasteiger partial charge on any atom is 0.264 e. The minimum Gasteiger partial charge on any atom is -0.355 e. The van der Waals surface area contributed by atoms with E-state index in [1.54, 1.807) is 57.2 Å². The summed E-state index contributed by atoms with van der Waals surface area (Å²) in [5, 5.41) is 3.21. The second-order valence-electron chi connectivity index (χ2n) is 8.77. The van der Waals surface area contributed by atoms with Gasteiger partial charge in [-0.05, 0) is 74.7 Å². The van der Waals surface area contributed by atoms with E-state index >= 15 is 0 Å². The third-order valence-electron chi connectivity index (χ3n) is 6.16. The zero-order chi connectivity index (χ0) is 27.2. The Balaban J connectivity index is 2.07. The van der Waals surface area contributed by atoms with Crippen LogP contribution in [0.3, 0.4) is 0 Å². The molecule has 2 amide bonds. The fraction of sp³-hybridized carbons (Fsp3) is 0.286. The van der Waals surface area contributed by atoms with Gasteiger partial charge in [0, 0.05) is 18.1 Å². The molecular weight excluding hydrogens is 510 g/mol. The molecule has 0 aliphatic carbocycles. The lowest BCUT2D eigenvalue weighted by Gasteiger charge is -2.32. The van der Waals surface area contributed by atoms with Crippen LogP contribution in [0, 0.1) is 13.8 Å². The van der Waals surface area contributed by atoms with E-state index < -0.39 is 28.5 Å². The number of nitrogens with one attached hydrogen (secondary N) is 1. The number of aryl methyl sites for hydroxylation is 2. The Hall–Kier alpha value is -3.36. The highest BCUT2D eigenvalue weighted by Gasteiger charge is 2.33. The molecule has 1 unspecified atom stereocenters. The number of anilines is 1. The van der Waals surface area contributed by atoms with Crippen LogP contribution in [-0.2, 0) is 26.2 Å². The van der Waals surface area contributed by atoms with Gasteiger partial charge >= 0.3 is 0 Å². The van der Waals surface area contributed by atoms with E-state index in [4.69, 9.17) is 11.6 Å². The van der Waals surface area contributed by atoms with Gasteiger partial charge in [-0.1, -0.05) is 54.1 Å². The van der Waals surface area contributed by atoms with Crippen molar-refractivity contribution in [2.45, 2.75) is 45.2 Å². The molecule has 0 radical (unpaired) electrons.